The lowest BCUT2D eigenvalue weighted by Gasteiger charge is -2.36. The first-order valence-corrected chi connectivity index (χ1v) is 7.83. The van der Waals surface area contributed by atoms with Crippen molar-refractivity contribution >= 4 is 5.91 Å². The lowest BCUT2D eigenvalue weighted by Crippen LogP contribution is -2.51. The Balaban J connectivity index is 1.55. The molecule has 1 amide bonds. The minimum Gasteiger partial charge on any atom is -0.465 e. The first-order chi connectivity index (χ1) is 10.1. The monoisotopic (exact) mass is 294 g/mol. The Kier molecular flexibility index (Phi) is 4.02. The fraction of sp³-hybridized carbons (Fsp3) is 0.688. The maximum absolute atomic E-state index is 14.9. The maximum atomic E-state index is 14.9. The van der Waals surface area contributed by atoms with Crippen LogP contribution in [-0.2, 0) is 11.3 Å². The van der Waals surface area contributed by atoms with E-state index < -0.39 is 5.67 Å². The molecule has 0 N–H and O–H groups in total. The third-order valence-corrected chi connectivity index (χ3v) is 4.60. The molecule has 0 aromatic carbocycles. The van der Waals surface area contributed by atoms with Crippen molar-refractivity contribution in [3.63, 3.8) is 0 Å². The fourth-order valence-electron chi connectivity index (χ4n) is 3.27. The number of furan rings is 1. The van der Waals surface area contributed by atoms with Gasteiger partial charge in [-0.3, -0.25) is 9.69 Å². The Morgan fingerprint density at radius 1 is 1.24 bits per heavy atom. The van der Waals surface area contributed by atoms with Crippen LogP contribution in [0.25, 0.3) is 0 Å². The minimum atomic E-state index is -1.65. The zero-order valence-electron chi connectivity index (χ0n) is 12.6. The molecule has 0 bridgehead atoms. The number of nitrogens with zero attached hydrogens (tertiary/aromatic N) is 2. The molecule has 1 aromatic rings. The average molecular weight is 294 g/mol. The van der Waals surface area contributed by atoms with Gasteiger partial charge in [0, 0.05) is 39.0 Å². The molecule has 3 heterocycles. The van der Waals surface area contributed by atoms with E-state index in [-0.39, 0.29) is 5.91 Å². The van der Waals surface area contributed by atoms with Gasteiger partial charge >= 0.3 is 0 Å². The molecule has 1 aromatic heterocycles. The van der Waals surface area contributed by atoms with Crippen LogP contribution in [0, 0.1) is 6.92 Å². The number of carbonyl (C=O) groups excluding carboxylic acids is 1. The van der Waals surface area contributed by atoms with Crippen LogP contribution < -0.4 is 0 Å². The summed E-state index contributed by atoms with van der Waals surface area (Å²) >= 11 is 0. The van der Waals surface area contributed by atoms with Gasteiger partial charge in [-0.05, 0) is 31.9 Å². The van der Waals surface area contributed by atoms with E-state index in [1.807, 2.05) is 19.1 Å². The van der Waals surface area contributed by atoms with Crippen molar-refractivity contribution in [2.75, 3.05) is 26.2 Å². The topological polar surface area (TPSA) is 36.7 Å². The van der Waals surface area contributed by atoms with Crippen molar-refractivity contribution in [3.05, 3.63) is 23.7 Å². The molecule has 21 heavy (non-hydrogen) atoms. The standard InChI is InChI=1S/C16H23FN2O2/c1-13-4-5-14(21-13)12-18-10-6-16(17,7-11-18)15(20)19-8-2-3-9-19/h4-5H,2-3,6-12H2,1H3. The molecule has 0 aliphatic carbocycles. The number of rotatable bonds is 3. The number of carbonyl (C=O) groups is 1. The summed E-state index contributed by atoms with van der Waals surface area (Å²) in [5, 5.41) is 0. The Hall–Kier alpha value is -1.36. The van der Waals surface area contributed by atoms with Crippen LogP contribution in [0.1, 0.15) is 37.2 Å². The summed E-state index contributed by atoms with van der Waals surface area (Å²) in [5.74, 6) is 1.52. The van der Waals surface area contributed by atoms with Crippen LogP contribution in [0.5, 0.6) is 0 Å². The second-order valence-electron chi connectivity index (χ2n) is 6.25. The van der Waals surface area contributed by atoms with Crippen LogP contribution >= 0.6 is 0 Å². The number of amides is 1. The van der Waals surface area contributed by atoms with Crippen molar-refractivity contribution < 1.29 is 13.6 Å². The largest absolute Gasteiger partial charge is 0.465 e. The van der Waals surface area contributed by atoms with Crippen LogP contribution in [-0.4, -0.2) is 47.6 Å². The van der Waals surface area contributed by atoms with Gasteiger partial charge in [-0.2, -0.15) is 0 Å². The first kappa shape index (κ1) is 14.6. The number of hydrogen-bond acceptors (Lipinski definition) is 3. The summed E-state index contributed by atoms with van der Waals surface area (Å²) < 4.78 is 20.4. The van der Waals surface area contributed by atoms with Crippen LogP contribution in [0.3, 0.4) is 0 Å². The van der Waals surface area contributed by atoms with E-state index in [1.165, 1.54) is 0 Å². The van der Waals surface area contributed by atoms with Gasteiger partial charge in [0.1, 0.15) is 11.5 Å². The maximum Gasteiger partial charge on any atom is 0.260 e. The minimum absolute atomic E-state index is 0.284. The number of aryl methyl sites for hydroxylation is 1. The fourth-order valence-corrected chi connectivity index (χ4v) is 3.27. The highest BCUT2D eigenvalue weighted by atomic mass is 19.1. The third kappa shape index (κ3) is 3.12. The number of hydrogen-bond donors (Lipinski definition) is 0. The normalized spacial score (nSPS) is 22.7. The Morgan fingerprint density at radius 3 is 2.48 bits per heavy atom. The number of likely N-dealkylation sites (tertiary alicyclic amines) is 2. The summed E-state index contributed by atoms with van der Waals surface area (Å²) in [6, 6.07) is 3.90. The first-order valence-electron chi connectivity index (χ1n) is 7.83. The molecule has 5 heteroatoms. The zero-order valence-corrected chi connectivity index (χ0v) is 12.6. The third-order valence-electron chi connectivity index (χ3n) is 4.60. The van der Waals surface area contributed by atoms with Crippen molar-refractivity contribution in [1.82, 2.24) is 9.80 Å². The van der Waals surface area contributed by atoms with E-state index in [2.05, 4.69) is 4.90 Å². The van der Waals surface area contributed by atoms with E-state index in [9.17, 15) is 9.18 Å². The molecule has 0 radical (unpaired) electrons. The molecule has 0 saturated carbocycles. The Labute approximate surface area is 124 Å². The highest BCUT2D eigenvalue weighted by molar-refractivity contribution is 5.85. The summed E-state index contributed by atoms with van der Waals surface area (Å²) in [6.45, 7) is 5.27. The second-order valence-corrected chi connectivity index (χ2v) is 6.25. The molecule has 3 rings (SSSR count). The van der Waals surface area contributed by atoms with Gasteiger partial charge in [-0.15, -0.1) is 0 Å². The highest BCUT2D eigenvalue weighted by Crippen LogP contribution is 2.30. The molecule has 4 nitrogen and oxygen atoms in total. The van der Waals surface area contributed by atoms with Crippen molar-refractivity contribution in [2.45, 2.75) is 44.8 Å². The molecule has 2 aliphatic heterocycles. The molecule has 0 spiro atoms. The SMILES string of the molecule is Cc1ccc(CN2CCC(F)(C(=O)N3CCCC3)CC2)o1. The van der Waals surface area contributed by atoms with Crippen molar-refractivity contribution in [1.29, 1.82) is 0 Å². The number of alkyl halides is 1. The van der Waals surface area contributed by atoms with Gasteiger partial charge in [0.15, 0.2) is 5.67 Å². The van der Waals surface area contributed by atoms with E-state index in [1.54, 1.807) is 4.90 Å². The van der Waals surface area contributed by atoms with E-state index in [0.717, 1.165) is 37.5 Å². The van der Waals surface area contributed by atoms with Gasteiger partial charge < -0.3 is 9.32 Å². The smallest absolute Gasteiger partial charge is 0.260 e. The quantitative estimate of drug-likeness (QED) is 0.859. The van der Waals surface area contributed by atoms with Crippen LogP contribution in [0.2, 0.25) is 0 Å². The van der Waals surface area contributed by atoms with Crippen LogP contribution in [0.4, 0.5) is 4.39 Å². The predicted molar refractivity (Wildman–Crippen MR) is 77.6 cm³/mol. The molecule has 2 aliphatic rings. The average Bonchev–Trinajstić information content (AvgIpc) is 3.12. The Bertz CT molecular complexity index is 500. The zero-order chi connectivity index (χ0) is 14.9. The summed E-state index contributed by atoms with van der Waals surface area (Å²) in [7, 11) is 0. The summed E-state index contributed by atoms with van der Waals surface area (Å²) in [4.78, 5) is 16.2. The second kappa shape index (κ2) is 5.79. The van der Waals surface area contributed by atoms with Gasteiger partial charge in [0.25, 0.3) is 5.91 Å². The van der Waals surface area contributed by atoms with Crippen molar-refractivity contribution in [2.24, 2.45) is 0 Å². The van der Waals surface area contributed by atoms with Gasteiger partial charge in [0.2, 0.25) is 0 Å². The van der Waals surface area contributed by atoms with E-state index >= 15 is 0 Å². The highest BCUT2D eigenvalue weighted by Gasteiger charge is 2.44. The number of halogens is 1. The molecule has 2 saturated heterocycles. The molecule has 0 atom stereocenters. The van der Waals surface area contributed by atoms with E-state index in [4.69, 9.17) is 4.42 Å². The lowest BCUT2D eigenvalue weighted by molar-refractivity contribution is -0.146. The van der Waals surface area contributed by atoms with Gasteiger partial charge in [-0.1, -0.05) is 0 Å². The Morgan fingerprint density at radius 2 is 1.90 bits per heavy atom. The van der Waals surface area contributed by atoms with Crippen LogP contribution in [0.15, 0.2) is 16.5 Å². The molecular formula is C16H23FN2O2. The molecular weight excluding hydrogens is 271 g/mol. The lowest BCUT2D eigenvalue weighted by atomic mass is 9.91. The molecule has 116 valence electrons. The van der Waals surface area contributed by atoms with Gasteiger partial charge in [-0.25, -0.2) is 4.39 Å². The number of piperidine rings is 1. The molecule has 2 fully saturated rings. The van der Waals surface area contributed by atoms with Crippen molar-refractivity contribution in [3.8, 4) is 0 Å². The summed E-state index contributed by atoms with van der Waals surface area (Å²) in [5.41, 5.74) is -1.65. The van der Waals surface area contributed by atoms with Gasteiger partial charge in [0.05, 0.1) is 6.54 Å². The van der Waals surface area contributed by atoms with E-state index in [0.29, 0.717) is 32.5 Å². The molecule has 0 unspecified atom stereocenters. The summed E-state index contributed by atoms with van der Waals surface area (Å²) in [6.07, 6.45) is 2.60. The predicted octanol–water partition coefficient (Wildman–Crippen LogP) is 2.51.